The Morgan fingerprint density at radius 2 is 2.12 bits per heavy atom. The summed E-state index contributed by atoms with van der Waals surface area (Å²) in [5.41, 5.74) is 0.936. The molecular formula is C12H11FN2O. The predicted molar refractivity (Wildman–Crippen MR) is 59.6 cm³/mol. The maximum absolute atomic E-state index is 12.6. The zero-order valence-electron chi connectivity index (χ0n) is 8.52. The average Bonchev–Trinajstić information content (AvgIpc) is 2.28. The molecule has 82 valence electrons. The van der Waals surface area contributed by atoms with Gasteiger partial charge in [0.2, 0.25) is 0 Å². The second-order valence-corrected chi connectivity index (χ2v) is 3.39. The summed E-state index contributed by atoms with van der Waals surface area (Å²) in [5.74, 6) is 0.471. The molecule has 0 aliphatic carbocycles. The standard InChI is InChI=1S/C12H11FN2O/c13-10-4-5-12(15-8-10)14-7-9-2-1-3-11(16)6-9/h1-6,8,16H,7H2,(H,14,15). The first kappa shape index (κ1) is 10.4. The first-order chi connectivity index (χ1) is 7.74. The molecule has 0 bridgehead atoms. The molecule has 0 saturated heterocycles. The Bertz CT molecular complexity index is 471. The molecule has 0 saturated carbocycles. The van der Waals surface area contributed by atoms with Gasteiger partial charge in [-0.2, -0.15) is 0 Å². The van der Waals surface area contributed by atoms with Crippen molar-refractivity contribution in [2.45, 2.75) is 6.54 Å². The van der Waals surface area contributed by atoms with E-state index in [1.165, 1.54) is 6.07 Å². The highest BCUT2D eigenvalue weighted by atomic mass is 19.1. The van der Waals surface area contributed by atoms with Crippen LogP contribution < -0.4 is 5.32 Å². The highest BCUT2D eigenvalue weighted by Gasteiger charge is 1.96. The monoisotopic (exact) mass is 218 g/mol. The van der Waals surface area contributed by atoms with Crippen LogP contribution in [-0.2, 0) is 6.54 Å². The minimum Gasteiger partial charge on any atom is -0.508 e. The summed E-state index contributed by atoms with van der Waals surface area (Å²) in [7, 11) is 0. The van der Waals surface area contributed by atoms with E-state index in [4.69, 9.17) is 0 Å². The summed E-state index contributed by atoms with van der Waals surface area (Å²) in [4.78, 5) is 3.87. The Hall–Kier alpha value is -2.10. The first-order valence-electron chi connectivity index (χ1n) is 4.87. The third-order valence-corrected chi connectivity index (χ3v) is 2.11. The summed E-state index contributed by atoms with van der Waals surface area (Å²) < 4.78 is 12.6. The molecular weight excluding hydrogens is 207 g/mol. The van der Waals surface area contributed by atoms with Gasteiger partial charge in [0.05, 0.1) is 6.20 Å². The summed E-state index contributed by atoms with van der Waals surface area (Å²) in [6.45, 7) is 0.535. The maximum atomic E-state index is 12.6. The predicted octanol–water partition coefficient (Wildman–Crippen LogP) is 2.54. The number of hydrogen-bond donors (Lipinski definition) is 2. The Balaban J connectivity index is 1.99. The molecule has 2 N–H and O–H groups in total. The highest BCUT2D eigenvalue weighted by molar-refractivity contribution is 5.36. The van der Waals surface area contributed by atoms with Crippen molar-refractivity contribution in [2.24, 2.45) is 0 Å². The number of anilines is 1. The van der Waals surface area contributed by atoms with Crippen LogP contribution in [0, 0.1) is 5.82 Å². The molecule has 1 heterocycles. The third kappa shape index (κ3) is 2.70. The quantitative estimate of drug-likeness (QED) is 0.832. The molecule has 1 aromatic carbocycles. The zero-order valence-corrected chi connectivity index (χ0v) is 8.52. The molecule has 2 aromatic rings. The van der Waals surface area contributed by atoms with Crippen LogP contribution in [0.15, 0.2) is 42.6 Å². The number of pyridine rings is 1. The van der Waals surface area contributed by atoms with Gasteiger partial charge in [-0.15, -0.1) is 0 Å². The van der Waals surface area contributed by atoms with Crippen LogP contribution in [0.5, 0.6) is 5.75 Å². The molecule has 1 aromatic heterocycles. The van der Waals surface area contributed by atoms with E-state index in [1.54, 1.807) is 24.3 Å². The van der Waals surface area contributed by atoms with Gasteiger partial charge >= 0.3 is 0 Å². The fourth-order valence-electron chi connectivity index (χ4n) is 1.34. The lowest BCUT2D eigenvalue weighted by molar-refractivity contribution is 0.474. The molecule has 0 radical (unpaired) electrons. The van der Waals surface area contributed by atoms with Gasteiger partial charge in [-0.3, -0.25) is 0 Å². The van der Waals surface area contributed by atoms with Crippen molar-refractivity contribution >= 4 is 5.82 Å². The minimum absolute atomic E-state index is 0.228. The summed E-state index contributed by atoms with van der Waals surface area (Å²) in [6, 6.07) is 9.84. The number of rotatable bonds is 3. The van der Waals surface area contributed by atoms with Gasteiger partial charge in [0.1, 0.15) is 17.4 Å². The topological polar surface area (TPSA) is 45.1 Å². The van der Waals surface area contributed by atoms with Crippen LogP contribution in [0.25, 0.3) is 0 Å². The number of phenols is 1. The minimum atomic E-state index is -0.358. The normalized spacial score (nSPS) is 10.1. The fourth-order valence-corrected chi connectivity index (χ4v) is 1.34. The van der Waals surface area contributed by atoms with E-state index in [0.29, 0.717) is 12.4 Å². The van der Waals surface area contributed by atoms with E-state index in [9.17, 15) is 9.50 Å². The van der Waals surface area contributed by atoms with E-state index in [2.05, 4.69) is 10.3 Å². The van der Waals surface area contributed by atoms with Crippen molar-refractivity contribution in [1.82, 2.24) is 4.98 Å². The SMILES string of the molecule is Oc1cccc(CNc2ccc(F)cn2)c1. The highest BCUT2D eigenvalue weighted by Crippen LogP contribution is 2.12. The van der Waals surface area contributed by atoms with Crippen LogP contribution in [-0.4, -0.2) is 10.1 Å². The lowest BCUT2D eigenvalue weighted by atomic mass is 10.2. The molecule has 4 heteroatoms. The largest absolute Gasteiger partial charge is 0.508 e. The number of hydrogen-bond acceptors (Lipinski definition) is 3. The van der Waals surface area contributed by atoms with Gasteiger partial charge in [-0.25, -0.2) is 9.37 Å². The van der Waals surface area contributed by atoms with Crippen molar-refractivity contribution < 1.29 is 9.50 Å². The van der Waals surface area contributed by atoms with Crippen molar-refractivity contribution in [3.63, 3.8) is 0 Å². The van der Waals surface area contributed by atoms with Crippen molar-refractivity contribution in [1.29, 1.82) is 0 Å². The van der Waals surface area contributed by atoms with Gasteiger partial charge in [0.25, 0.3) is 0 Å². The lowest BCUT2D eigenvalue weighted by Gasteiger charge is -2.05. The second-order valence-electron chi connectivity index (χ2n) is 3.39. The number of benzene rings is 1. The van der Waals surface area contributed by atoms with E-state index in [0.717, 1.165) is 11.8 Å². The fraction of sp³-hybridized carbons (Fsp3) is 0.0833. The van der Waals surface area contributed by atoms with Gasteiger partial charge in [0.15, 0.2) is 0 Å². The van der Waals surface area contributed by atoms with Gasteiger partial charge in [-0.05, 0) is 29.8 Å². The van der Waals surface area contributed by atoms with E-state index in [-0.39, 0.29) is 11.6 Å². The molecule has 0 aliphatic heterocycles. The number of halogens is 1. The number of nitrogens with one attached hydrogen (secondary N) is 1. The zero-order chi connectivity index (χ0) is 11.4. The van der Waals surface area contributed by atoms with E-state index >= 15 is 0 Å². The lowest BCUT2D eigenvalue weighted by Crippen LogP contribution is -2.00. The second kappa shape index (κ2) is 4.61. The maximum Gasteiger partial charge on any atom is 0.141 e. The molecule has 2 rings (SSSR count). The van der Waals surface area contributed by atoms with Crippen LogP contribution in [0.3, 0.4) is 0 Å². The van der Waals surface area contributed by atoms with Crippen molar-refractivity contribution in [3.05, 3.63) is 54.0 Å². The Morgan fingerprint density at radius 1 is 1.25 bits per heavy atom. The molecule has 0 aliphatic rings. The van der Waals surface area contributed by atoms with Gasteiger partial charge < -0.3 is 10.4 Å². The Kier molecular flexibility index (Phi) is 3.00. The van der Waals surface area contributed by atoms with Crippen LogP contribution in [0.2, 0.25) is 0 Å². The average molecular weight is 218 g/mol. The summed E-state index contributed by atoms with van der Waals surface area (Å²) in [5, 5.41) is 12.3. The number of aromatic hydroxyl groups is 1. The van der Waals surface area contributed by atoms with Crippen LogP contribution in [0.1, 0.15) is 5.56 Å². The number of phenolic OH excluding ortho intramolecular Hbond substituents is 1. The summed E-state index contributed by atoms with van der Waals surface area (Å²) >= 11 is 0. The van der Waals surface area contributed by atoms with Gasteiger partial charge in [-0.1, -0.05) is 12.1 Å². The Labute approximate surface area is 92.6 Å². The van der Waals surface area contributed by atoms with Crippen molar-refractivity contribution in [3.8, 4) is 5.75 Å². The number of aromatic nitrogens is 1. The van der Waals surface area contributed by atoms with Crippen LogP contribution in [0.4, 0.5) is 10.2 Å². The molecule has 0 amide bonds. The molecule has 0 atom stereocenters. The molecule has 0 spiro atoms. The smallest absolute Gasteiger partial charge is 0.141 e. The van der Waals surface area contributed by atoms with Gasteiger partial charge in [0, 0.05) is 6.54 Å². The number of nitrogens with zero attached hydrogens (tertiary/aromatic N) is 1. The Morgan fingerprint density at radius 3 is 2.81 bits per heavy atom. The third-order valence-electron chi connectivity index (χ3n) is 2.11. The van der Waals surface area contributed by atoms with Crippen LogP contribution >= 0.6 is 0 Å². The van der Waals surface area contributed by atoms with E-state index < -0.39 is 0 Å². The molecule has 0 fully saturated rings. The first-order valence-corrected chi connectivity index (χ1v) is 4.87. The molecule has 0 unspecified atom stereocenters. The van der Waals surface area contributed by atoms with Crippen molar-refractivity contribution in [2.75, 3.05) is 5.32 Å². The molecule has 16 heavy (non-hydrogen) atoms. The molecule has 3 nitrogen and oxygen atoms in total. The van der Waals surface area contributed by atoms with E-state index in [1.807, 2.05) is 6.07 Å². The summed E-state index contributed by atoms with van der Waals surface area (Å²) in [6.07, 6.45) is 1.16.